The summed E-state index contributed by atoms with van der Waals surface area (Å²) in [5, 5.41) is 26.0. The normalized spacial score (nSPS) is 17.7. The maximum absolute atomic E-state index is 11.4. The Morgan fingerprint density at radius 2 is 1.90 bits per heavy atom. The molecule has 1 N–H and O–H groups in total. The lowest BCUT2D eigenvalue weighted by atomic mass is 9.83. The summed E-state index contributed by atoms with van der Waals surface area (Å²) in [5.74, 6) is 0.597. The fourth-order valence-electron chi connectivity index (χ4n) is 2.57. The highest BCUT2D eigenvalue weighted by atomic mass is 16.6. The Kier molecular flexibility index (Phi) is 3.49. The van der Waals surface area contributed by atoms with Crippen molar-refractivity contribution >= 4 is 11.5 Å². The van der Waals surface area contributed by atoms with Crippen LogP contribution in [0.3, 0.4) is 0 Å². The first-order valence-electron chi connectivity index (χ1n) is 6.86. The number of β-amino-alcohol motifs (C(OH)–C–C–N with tert-alkyl or cyclic N) is 1. The van der Waals surface area contributed by atoms with Gasteiger partial charge in [-0.3, -0.25) is 10.1 Å². The summed E-state index contributed by atoms with van der Waals surface area (Å²) in [4.78, 5) is 12.8. The average Bonchev–Trinajstić information content (AvgIpc) is 2.62. The fraction of sp³-hybridized carbons (Fsp3) is 0.769. The zero-order valence-corrected chi connectivity index (χ0v) is 12.6. The van der Waals surface area contributed by atoms with Crippen molar-refractivity contribution in [1.29, 1.82) is 0 Å². The molecule has 1 aromatic rings. The molecular weight excluding hydrogens is 260 g/mol. The molecular formula is C13H22N4O3. The van der Waals surface area contributed by atoms with Gasteiger partial charge >= 0.3 is 5.69 Å². The molecule has 2 heterocycles. The molecule has 0 radical (unpaired) electrons. The predicted octanol–water partition coefficient (Wildman–Crippen LogP) is 1.66. The quantitative estimate of drug-likeness (QED) is 0.670. The van der Waals surface area contributed by atoms with Gasteiger partial charge in [0.05, 0.1) is 18.0 Å². The SMILES string of the molecule is CC(C)c1nn(C)c(N2CC(O)(C(C)C)C2)c1[N+](=O)[O-]. The zero-order valence-electron chi connectivity index (χ0n) is 12.6. The van der Waals surface area contributed by atoms with Crippen LogP contribution in [0.5, 0.6) is 0 Å². The number of rotatable bonds is 4. The molecule has 1 aromatic heterocycles. The van der Waals surface area contributed by atoms with Crippen LogP contribution < -0.4 is 4.90 Å². The van der Waals surface area contributed by atoms with E-state index in [9.17, 15) is 15.2 Å². The molecule has 1 saturated heterocycles. The van der Waals surface area contributed by atoms with Gasteiger partial charge in [0.2, 0.25) is 5.82 Å². The van der Waals surface area contributed by atoms with E-state index in [0.717, 1.165) is 0 Å². The first-order chi connectivity index (χ1) is 9.17. The maximum atomic E-state index is 11.4. The van der Waals surface area contributed by atoms with Gasteiger partial charge in [0, 0.05) is 13.0 Å². The van der Waals surface area contributed by atoms with Gasteiger partial charge in [-0.2, -0.15) is 5.10 Å². The Bertz CT molecular complexity index is 530. The van der Waals surface area contributed by atoms with E-state index in [1.165, 1.54) is 0 Å². The number of nitro groups is 1. The molecule has 112 valence electrons. The first kappa shape index (κ1) is 14.8. The van der Waals surface area contributed by atoms with E-state index in [0.29, 0.717) is 24.6 Å². The second kappa shape index (κ2) is 4.73. The average molecular weight is 282 g/mol. The Morgan fingerprint density at radius 3 is 2.30 bits per heavy atom. The van der Waals surface area contributed by atoms with Gasteiger partial charge in [0.1, 0.15) is 11.3 Å². The lowest BCUT2D eigenvalue weighted by Crippen LogP contribution is -2.65. The first-order valence-corrected chi connectivity index (χ1v) is 6.86. The Balaban J connectivity index is 2.37. The van der Waals surface area contributed by atoms with E-state index >= 15 is 0 Å². The summed E-state index contributed by atoms with van der Waals surface area (Å²) >= 11 is 0. The third-order valence-corrected chi connectivity index (χ3v) is 4.05. The highest BCUT2D eigenvalue weighted by molar-refractivity contribution is 5.64. The van der Waals surface area contributed by atoms with E-state index in [4.69, 9.17) is 0 Å². The zero-order chi connectivity index (χ0) is 15.2. The Hall–Kier alpha value is -1.63. The van der Waals surface area contributed by atoms with Crippen LogP contribution in [0.2, 0.25) is 0 Å². The summed E-state index contributed by atoms with van der Waals surface area (Å²) in [7, 11) is 1.71. The predicted molar refractivity (Wildman–Crippen MR) is 76.0 cm³/mol. The van der Waals surface area contributed by atoms with Crippen molar-refractivity contribution in [2.45, 2.75) is 39.2 Å². The van der Waals surface area contributed by atoms with Crippen LogP contribution in [-0.4, -0.2) is 38.5 Å². The van der Waals surface area contributed by atoms with Gasteiger partial charge in [-0.15, -0.1) is 0 Å². The lowest BCUT2D eigenvalue weighted by molar-refractivity contribution is -0.385. The smallest absolute Gasteiger partial charge is 0.334 e. The molecule has 7 nitrogen and oxygen atoms in total. The molecule has 0 aliphatic carbocycles. The van der Waals surface area contributed by atoms with Crippen LogP contribution in [-0.2, 0) is 7.05 Å². The van der Waals surface area contributed by atoms with Crippen molar-refractivity contribution in [2.75, 3.05) is 18.0 Å². The van der Waals surface area contributed by atoms with Gasteiger partial charge in [0.25, 0.3) is 0 Å². The molecule has 0 unspecified atom stereocenters. The standard InChI is InChI=1S/C13H22N4O3/c1-8(2)10-11(17(19)20)12(15(5)14-10)16-6-13(18,7-16)9(3)4/h8-9,18H,6-7H2,1-5H3. The summed E-state index contributed by atoms with van der Waals surface area (Å²) in [6.07, 6.45) is 0. The number of aryl methyl sites for hydroxylation is 1. The number of hydrogen-bond donors (Lipinski definition) is 1. The van der Waals surface area contributed by atoms with E-state index in [2.05, 4.69) is 5.10 Å². The van der Waals surface area contributed by atoms with E-state index in [1.807, 2.05) is 32.6 Å². The van der Waals surface area contributed by atoms with Crippen molar-refractivity contribution in [2.24, 2.45) is 13.0 Å². The van der Waals surface area contributed by atoms with E-state index in [-0.39, 0.29) is 22.4 Å². The largest absolute Gasteiger partial charge is 0.386 e. The molecule has 0 amide bonds. The van der Waals surface area contributed by atoms with Crippen molar-refractivity contribution < 1.29 is 10.0 Å². The highest BCUT2D eigenvalue weighted by Crippen LogP contribution is 2.40. The molecule has 7 heteroatoms. The van der Waals surface area contributed by atoms with Crippen molar-refractivity contribution in [3.63, 3.8) is 0 Å². The van der Waals surface area contributed by atoms with Crippen LogP contribution in [0.4, 0.5) is 11.5 Å². The van der Waals surface area contributed by atoms with Gasteiger partial charge < -0.3 is 10.0 Å². The molecule has 2 rings (SSSR count). The molecule has 0 bridgehead atoms. The van der Waals surface area contributed by atoms with Gasteiger partial charge in [-0.25, -0.2) is 4.68 Å². The van der Waals surface area contributed by atoms with Gasteiger partial charge in [-0.05, 0) is 5.92 Å². The fourth-order valence-corrected chi connectivity index (χ4v) is 2.57. The monoisotopic (exact) mass is 282 g/mol. The Morgan fingerprint density at radius 1 is 1.35 bits per heavy atom. The van der Waals surface area contributed by atoms with Crippen molar-refractivity contribution in [3.8, 4) is 0 Å². The molecule has 0 saturated carbocycles. The highest BCUT2D eigenvalue weighted by Gasteiger charge is 2.47. The van der Waals surface area contributed by atoms with Crippen LogP contribution in [0.1, 0.15) is 39.3 Å². The van der Waals surface area contributed by atoms with Gasteiger partial charge in [0.15, 0.2) is 0 Å². The number of aliphatic hydroxyl groups is 1. The van der Waals surface area contributed by atoms with Crippen LogP contribution in [0.25, 0.3) is 0 Å². The second-order valence-electron chi connectivity index (χ2n) is 6.21. The van der Waals surface area contributed by atoms with E-state index < -0.39 is 5.60 Å². The number of aromatic nitrogens is 2. The molecule has 1 aliphatic heterocycles. The van der Waals surface area contributed by atoms with Crippen LogP contribution in [0, 0.1) is 16.0 Å². The molecule has 0 spiro atoms. The summed E-state index contributed by atoms with van der Waals surface area (Å²) in [5.41, 5.74) is -0.211. The van der Waals surface area contributed by atoms with Gasteiger partial charge in [-0.1, -0.05) is 27.7 Å². The minimum atomic E-state index is -0.768. The number of hydrogen-bond acceptors (Lipinski definition) is 5. The molecule has 0 aromatic carbocycles. The molecule has 1 fully saturated rings. The minimum absolute atomic E-state index is 0.0133. The molecule has 20 heavy (non-hydrogen) atoms. The number of nitrogens with zero attached hydrogens (tertiary/aromatic N) is 4. The molecule has 0 atom stereocenters. The minimum Gasteiger partial charge on any atom is -0.386 e. The maximum Gasteiger partial charge on any atom is 0.334 e. The molecule has 1 aliphatic rings. The number of anilines is 1. The van der Waals surface area contributed by atoms with Crippen LogP contribution in [0.15, 0.2) is 0 Å². The van der Waals surface area contributed by atoms with E-state index in [1.54, 1.807) is 11.7 Å². The lowest BCUT2D eigenvalue weighted by Gasteiger charge is -2.49. The third-order valence-electron chi connectivity index (χ3n) is 4.05. The summed E-state index contributed by atoms with van der Waals surface area (Å²) < 4.78 is 1.55. The van der Waals surface area contributed by atoms with Crippen molar-refractivity contribution in [3.05, 3.63) is 15.8 Å². The third kappa shape index (κ3) is 2.15. The van der Waals surface area contributed by atoms with Crippen molar-refractivity contribution in [1.82, 2.24) is 9.78 Å². The summed E-state index contributed by atoms with van der Waals surface area (Å²) in [6, 6.07) is 0. The topological polar surface area (TPSA) is 84.4 Å². The van der Waals surface area contributed by atoms with Crippen LogP contribution >= 0.6 is 0 Å². The Labute approximate surface area is 118 Å². The second-order valence-corrected chi connectivity index (χ2v) is 6.21. The summed E-state index contributed by atoms with van der Waals surface area (Å²) in [6.45, 7) is 8.49.